The number of carbonyl (C=O) groups excluding carboxylic acids is 3. The molecule has 0 unspecified atom stereocenters. The Bertz CT molecular complexity index is 1090. The monoisotopic (exact) mass is 514 g/mol. The number of morpholine rings is 1. The number of aromatic nitrogens is 1. The maximum absolute atomic E-state index is 13.5. The predicted molar refractivity (Wildman–Crippen MR) is 136 cm³/mol. The molecule has 36 heavy (non-hydrogen) atoms. The third-order valence-corrected chi connectivity index (χ3v) is 7.29. The lowest BCUT2D eigenvalue weighted by atomic mass is 10.1. The molecule has 2 atom stereocenters. The Morgan fingerprint density at radius 3 is 2.56 bits per heavy atom. The zero-order valence-corrected chi connectivity index (χ0v) is 22.1. The summed E-state index contributed by atoms with van der Waals surface area (Å²) in [5.41, 5.74) is 4.24. The SMILES string of the molecule is Cc1ncsc1-c1ccc(CNC(=O)[C@@H]2CCCN2C(=O)[C@@H]2COCCN2C(=O)OC(C)(C)C)cc1. The summed E-state index contributed by atoms with van der Waals surface area (Å²) in [6.07, 6.45) is 0.773. The lowest BCUT2D eigenvalue weighted by Crippen LogP contribution is -2.59. The van der Waals surface area contributed by atoms with Crippen molar-refractivity contribution >= 4 is 29.2 Å². The van der Waals surface area contributed by atoms with Gasteiger partial charge < -0.3 is 19.7 Å². The average molecular weight is 515 g/mol. The van der Waals surface area contributed by atoms with Crippen LogP contribution in [0.2, 0.25) is 0 Å². The Hall–Kier alpha value is -2.98. The van der Waals surface area contributed by atoms with Crippen LogP contribution in [0.15, 0.2) is 29.8 Å². The Labute approximate surface area is 215 Å². The van der Waals surface area contributed by atoms with Crippen LogP contribution in [0.3, 0.4) is 0 Å². The van der Waals surface area contributed by atoms with Gasteiger partial charge in [0.1, 0.15) is 17.7 Å². The number of thiazole rings is 1. The van der Waals surface area contributed by atoms with Gasteiger partial charge in [-0.3, -0.25) is 14.5 Å². The number of likely N-dealkylation sites (tertiary alicyclic amines) is 1. The van der Waals surface area contributed by atoms with Gasteiger partial charge in [-0.05, 0) is 51.7 Å². The molecule has 10 heteroatoms. The quantitative estimate of drug-likeness (QED) is 0.657. The van der Waals surface area contributed by atoms with Crippen molar-refractivity contribution in [2.75, 3.05) is 26.3 Å². The molecule has 3 amide bonds. The standard InChI is InChI=1S/C26H34N4O5S/c1-17-22(36-16-28-17)19-9-7-18(8-10-19)14-27-23(31)20-6-5-11-29(20)24(32)21-15-34-13-12-30(21)25(33)35-26(2,3)4/h7-10,16,20-21H,5-6,11-15H2,1-4H3,(H,27,31)/t20-,21-/m0/s1. The molecular formula is C26H34N4O5S. The van der Waals surface area contributed by atoms with E-state index in [4.69, 9.17) is 9.47 Å². The number of aryl methyl sites for hydroxylation is 1. The molecule has 0 spiro atoms. The minimum absolute atomic E-state index is 0.0918. The van der Waals surface area contributed by atoms with Crippen molar-refractivity contribution < 1.29 is 23.9 Å². The van der Waals surface area contributed by atoms with Crippen LogP contribution in [-0.4, -0.2) is 76.7 Å². The summed E-state index contributed by atoms with van der Waals surface area (Å²) in [5, 5.41) is 2.98. The van der Waals surface area contributed by atoms with E-state index >= 15 is 0 Å². The zero-order chi connectivity index (χ0) is 25.9. The van der Waals surface area contributed by atoms with E-state index in [2.05, 4.69) is 10.3 Å². The topological polar surface area (TPSA) is 101 Å². The first-order chi connectivity index (χ1) is 17.1. The molecule has 1 N–H and O–H groups in total. The minimum Gasteiger partial charge on any atom is -0.444 e. The van der Waals surface area contributed by atoms with Crippen LogP contribution >= 0.6 is 11.3 Å². The molecule has 2 aliphatic rings. The lowest BCUT2D eigenvalue weighted by Gasteiger charge is -2.38. The second-order valence-electron chi connectivity index (χ2n) is 10.1. The van der Waals surface area contributed by atoms with Crippen LogP contribution < -0.4 is 5.32 Å². The fourth-order valence-electron chi connectivity index (χ4n) is 4.50. The van der Waals surface area contributed by atoms with Gasteiger partial charge in [0.2, 0.25) is 11.8 Å². The summed E-state index contributed by atoms with van der Waals surface area (Å²) in [5.74, 6) is -0.466. The fraction of sp³-hybridized carbons (Fsp3) is 0.538. The summed E-state index contributed by atoms with van der Waals surface area (Å²) >= 11 is 1.60. The van der Waals surface area contributed by atoms with E-state index in [-0.39, 0.29) is 25.0 Å². The first-order valence-electron chi connectivity index (χ1n) is 12.3. The van der Waals surface area contributed by atoms with Crippen molar-refractivity contribution in [2.45, 2.75) is 64.8 Å². The van der Waals surface area contributed by atoms with Crippen molar-refractivity contribution in [3.8, 4) is 10.4 Å². The first kappa shape index (κ1) is 26.1. The summed E-state index contributed by atoms with van der Waals surface area (Å²) in [6, 6.07) is 6.67. The van der Waals surface area contributed by atoms with E-state index in [0.29, 0.717) is 26.1 Å². The lowest BCUT2D eigenvalue weighted by molar-refractivity contribution is -0.147. The zero-order valence-electron chi connectivity index (χ0n) is 21.3. The molecule has 2 aromatic rings. The van der Waals surface area contributed by atoms with Crippen LogP contribution in [0.5, 0.6) is 0 Å². The van der Waals surface area contributed by atoms with E-state index in [1.54, 1.807) is 37.0 Å². The van der Waals surface area contributed by atoms with Gasteiger partial charge in [-0.1, -0.05) is 24.3 Å². The number of rotatable bonds is 5. The first-order valence-corrected chi connectivity index (χ1v) is 13.2. The van der Waals surface area contributed by atoms with Crippen LogP contribution in [0.25, 0.3) is 10.4 Å². The number of nitrogens with zero attached hydrogens (tertiary/aromatic N) is 3. The van der Waals surface area contributed by atoms with Crippen molar-refractivity contribution in [1.29, 1.82) is 0 Å². The number of benzene rings is 1. The number of ether oxygens (including phenoxy) is 2. The summed E-state index contributed by atoms with van der Waals surface area (Å²) < 4.78 is 11.0. The summed E-state index contributed by atoms with van der Waals surface area (Å²) in [4.78, 5) is 47.7. The molecule has 1 aromatic carbocycles. The smallest absolute Gasteiger partial charge is 0.411 e. The fourth-order valence-corrected chi connectivity index (χ4v) is 5.31. The third kappa shape index (κ3) is 6.04. The van der Waals surface area contributed by atoms with E-state index in [1.807, 2.05) is 36.7 Å². The maximum Gasteiger partial charge on any atom is 0.411 e. The number of hydrogen-bond donors (Lipinski definition) is 1. The molecule has 1 aromatic heterocycles. The molecule has 2 fully saturated rings. The Morgan fingerprint density at radius 1 is 1.14 bits per heavy atom. The van der Waals surface area contributed by atoms with Crippen molar-refractivity contribution in [3.63, 3.8) is 0 Å². The van der Waals surface area contributed by atoms with E-state index in [9.17, 15) is 14.4 Å². The van der Waals surface area contributed by atoms with Crippen molar-refractivity contribution in [3.05, 3.63) is 41.0 Å². The van der Waals surface area contributed by atoms with Gasteiger partial charge in [0.15, 0.2) is 0 Å². The molecule has 194 valence electrons. The van der Waals surface area contributed by atoms with Gasteiger partial charge in [0.05, 0.1) is 29.3 Å². The molecule has 0 aliphatic carbocycles. The Kier molecular flexibility index (Phi) is 7.94. The van der Waals surface area contributed by atoms with Crippen LogP contribution in [0.1, 0.15) is 44.9 Å². The molecule has 9 nitrogen and oxygen atoms in total. The highest BCUT2D eigenvalue weighted by Crippen LogP contribution is 2.27. The van der Waals surface area contributed by atoms with E-state index in [0.717, 1.165) is 28.1 Å². The molecular weight excluding hydrogens is 480 g/mol. The minimum atomic E-state index is -0.801. The number of amides is 3. The highest BCUT2D eigenvalue weighted by Gasteiger charge is 2.42. The predicted octanol–water partition coefficient (Wildman–Crippen LogP) is 3.36. The molecule has 4 rings (SSSR count). The normalized spacial score (nSPS) is 20.3. The number of carbonyl (C=O) groups is 3. The highest BCUT2D eigenvalue weighted by atomic mass is 32.1. The van der Waals surface area contributed by atoms with E-state index in [1.165, 1.54) is 4.90 Å². The van der Waals surface area contributed by atoms with Crippen molar-refractivity contribution in [2.24, 2.45) is 0 Å². The molecule has 2 saturated heterocycles. The van der Waals surface area contributed by atoms with Gasteiger partial charge in [-0.15, -0.1) is 11.3 Å². The summed E-state index contributed by atoms with van der Waals surface area (Å²) in [7, 11) is 0. The largest absolute Gasteiger partial charge is 0.444 e. The van der Waals surface area contributed by atoms with Gasteiger partial charge in [0, 0.05) is 19.6 Å². The van der Waals surface area contributed by atoms with E-state index < -0.39 is 23.8 Å². The molecule has 0 radical (unpaired) electrons. The second kappa shape index (κ2) is 11.0. The molecule has 3 heterocycles. The molecule has 0 bridgehead atoms. The van der Waals surface area contributed by atoms with Crippen LogP contribution in [-0.2, 0) is 25.6 Å². The maximum atomic E-state index is 13.5. The third-order valence-electron chi connectivity index (χ3n) is 6.31. The van der Waals surface area contributed by atoms with Crippen molar-refractivity contribution in [1.82, 2.24) is 20.1 Å². The Morgan fingerprint density at radius 2 is 1.89 bits per heavy atom. The second-order valence-corrected chi connectivity index (χ2v) is 11.0. The highest BCUT2D eigenvalue weighted by molar-refractivity contribution is 7.13. The van der Waals surface area contributed by atoms with Gasteiger partial charge in [-0.2, -0.15) is 0 Å². The Balaban J connectivity index is 1.37. The van der Waals surface area contributed by atoms with Crippen LogP contribution in [0, 0.1) is 6.92 Å². The van der Waals surface area contributed by atoms with Gasteiger partial charge in [-0.25, -0.2) is 9.78 Å². The molecule has 0 saturated carbocycles. The number of nitrogens with one attached hydrogen (secondary N) is 1. The summed E-state index contributed by atoms with van der Waals surface area (Å²) in [6.45, 7) is 8.90. The van der Waals surface area contributed by atoms with Crippen LogP contribution in [0.4, 0.5) is 4.79 Å². The van der Waals surface area contributed by atoms with Gasteiger partial charge in [0.25, 0.3) is 0 Å². The molecule has 2 aliphatic heterocycles. The average Bonchev–Trinajstić information content (AvgIpc) is 3.51. The van der Waals surface area contributed by atoms with Gasteiger partial charge >= 0.3 is 6.09 Å². The number of hydrogen-bond acceptors (Lipinski definition) is 7.